The minimum Gasteiger partial charge on any atom is -0.493 e. The van der Waals surface area contributed by atoms with E-state index in [1.54, 1.807) is 26.8 Å². The molecule has 0 amide bonds. The van der Waals surface area contributed by atoms with Crippen molar-refractivity contribution >= 4 is 35.7 Å². The number of carbonyl (C=O) groups is 5. The standard InChI is InChI=1S/C42H52FNO14/c1-6-7-10-37(49)58-42(26(2)21-31-30-14-13-28-23-29(45)17-18-39(28,3)41(30,43)34(46)24-40(31,42)4)35(47)25-55-38(50)57-32-15-11-27(22-33(32)53-5)12-16-36(48)54-19-8-9-20-56-44(51)52/h11-12,15-18,22-23,26,30-31,34,46H,6-10,13-14,19-21,24-25H2,1-5H3/b16-12+/t26-,30?,31?,34-,39-,40-,41-,42-/m0/s1. The van der Waals surface area contributed by atoms with E-state index in [1.807, 2.05) is 6.92 Å². The zero-order chi connectivity index (χ0) is 42.5. The van der Waals surface area contributed by atoms with Gasteiger partial charge in [-0.2, -0.15) is 0 Å². The number of aliphatic hydroxyl groups is 1. The molecule has 0 aliphatic heterocycles. The molecule has 16 heteroatoms. The number of halogens is 1. The van der Waals surface area contributed by atoms with Crippen LogP contribution in [-0.4, -0.2) is 84.2 Å². The molecule has 4 aliphatic carbocycles. The molecule has 3 fully saturated rings. The first kappa shape index (κ1) is 44.0. The maximum Gasteiger partial charge on any atom is 0.514 e. The third-order valence-corrected chi connectivity index (χ3v) is 12.7. The number of rotatable bonds is 17. The molecule has 1 N–H and O–H groups in total. The molecule has 1 aromatic carbocycles. The zero-order valence-electron chi connectivity index (χ0n) is 33.5. The van der Waals surface area contributed by atoms with Crippen LogP contribution < -0.4 is 9.47 Å². The molecule has 0 heterocycles. The summed E-state index contributed by atoms with van der Waals surface area (Å²) in [7, 11) is 1.33. The summed E-state index contributed by atoms with van der Waals surface area (Å²) in [5.41, 5.74) is -5.46. The van der Waals surface area contributed by atoms with E-state index in [0.29, 0.717) is 56.1 Å². The van der Waals surface area contributed by atoms with E-state index in [4.69, 9.17) is 23.7 Å². The molecule has 3 saturated carbocycles. The van der Waals surface area contributed by atoms with E-state index in [-0.39, 0.29) is 43.3 Å². The molecule has 0 radical (unpaired) electrons. The van der Waals surface area contributed by atoms with Crippen LogP contribution in [0.3, 0.4) is 0 Å². The highest BCUT2D eigenvalue weighted by Crippen LogP contribution is 2.71. The van der Waals surface area contributed by atoms with Crippen LogP contribution in [0.15, 0.2) is 48.1 Å². The normalized spacial score (nSPS) is 30.9. The number of carbonyl (C=O) groups excluding carboxylic acids is 5. The Kier molecular flexibility index (Phi) is 13.5. The summed E-state index contributed by atoms with van der Waals surface area (Å²) < 4.78 is 45.2. The summed E-state index contributed by atoms with van der Waals surface area (Å²) in [4.78, 5) is 79.8. The molecule has 316 valence electrons. The number of hydrogen-bond acceptors (Lipinski definition) is 14. The van der Waals surface area contributed by atoms with Gasteiger partial charge >= 0.3 is 18.1 Å². The lowest BCUT2D eigenvalue weighted by Crippen LogP contribution is -2.70. The van der Waals surface area contributed by atoms with Crippen molar-refractivity contribution in [2.75, 3.05) is 26.9 Å². The van der Waals surface area contributed by atoms with Gasteiger partial charge in [0.2, 0.25) is 5.78 Å². The Balaban J connectivity index is 1.30. The maximum absolute atomic E-state index is 17.8. The van der Waals surface area contributed by atoms with Crippen LogP contribution in [0.1, 0.15) is 91.0 Å². The number of unbranched alkanes of at least 4 members (excludes halogenated alkanes) is 2. The molecule has 8 atom stereocenters. The molecule has 0 aromatic heterocycles. The average molecular weight is 814 g/mol. The Morgan fingerprint density at radius 1 is 1.07 bits per heavy atom. The number of alkyl halides is 1. The second kappa shape index (κ2) is 17.8. The van der Waals surface area contributed by atoms with Gasteiger partial charge in [-0.1, -0.05) is 44.9 Å². The lowest BCUT2D eigenvalue weighted by Gasteiger charge is -2.62. The minimum absolute atomic E-state index is 0.0295. The topological polar surface area (TPSA) is 204 Å². The van der Waals surface area contributed by atoms with E-state index in [0.717, 1.165) is 0 Å². The molecule has 5 rings (SSSR count). The average Bonchev–Trinajstić information content (AvgIpc) is 3.39. The van der Waals surface area contributed by atoms with Gasteiger partial charge in [-0.3, -0.25) is 14.4 Å². The third kappa shape index (κ3) is 8.25. The van der Waals surface area contributed by atoms with Gasteiger partial charge in [-0.25, -0.2) is 14.0 Å². The fourth-order valence-electron chi connectivity index (χ4n) is 9.90. The van der Waals surface area contributed by atoms with Crippen molar-refractivity contribution in [2.45, 2.75) is 103 Å². The summed E-state index contributed by atoms with van der Waals surface area (Å²) in [6, 6.07) is 4.38. The molecule has 0 saturated heterocycles. The van der Waals surface area contributed by atoms with Crippen LogP contribution in [0, 0.1) is 38.7 Å². The quantitative estimate of drug-likeness (QED) is 0.0343. The van der Waals surface area contributed by atoms with Crippen molar-refractivity contribution in [3.63, 3.8) is 0 Å². The van der Waals surface area contributed by atoms with Crippen LogP contribution in [0.5, 0.6) is 11.5 Å². The first-order valence-corrected chi connectivity index (χ1v) is 19.7. The van der Waals surface area contributed by atoms with Crippen molar-refractivity contribution in [2.24, 2.45) is 28.6 Å². The fraction of sp³-hybridized carbons (Fsp3) is 0.595. The van der Waals surface area contributed by atoms with Crippen LogP contribution in [0.25, 0.3) is 6.08 Å². The van der Waals surface area contributed by atoms with Gasteiger partial charge in [0.05, 0.1) is 26.4 Å². The third-order valence-electron chi connectivity index (χ3n) is 12.7. The van der Waals surface area contributed by atoms with Gasteiger partial charge in [0.1, 0.15) is 0 Å². The lowest BCUT2D eigenvalue weighted by molar-refractivity contribution is -0.757. The number of aliphatic hydroxyl groups excluding tert-OH is 1. The Bertz CT molecular complexity index is 1880. The van der Waals surface area contributed by atoms with Crippen LogP contribution in [0.4, 0.5) is 9.18 Å². The number of fused-ring (bicyclic) bond motifs is 5. The summed E-state index contributed by atoms with van der Waals surface area (Å²) in [5.74, 6) is -4.12. The first-order chi connectivity index (χ1) is 27.5. The monoisotopic (exact) mass is 813 g/mol. The highest BCUT2D eigenvalue weighted by molar-refractivity contribution is 6.01. The zero-order valence-corrected chi connectivity index (χ0v) is 33.5. The van der Waals surface area contributed by atoms with E-state index < -0.39 is 81.5 Å². The van der Waals surface area contributed by atoms with Crippen LogP contribution in [-0.2, 0) is 38.2 Å². The molecule has 0 bridgehead atoms. The number of ether oxygens (including phenoxy) is 5. The molecule has 4 aliphatic rings. The summed E-state index contributed by atoms with van der Waals surface area (Å²) in [6.45, 7) is 6.19. The number of allylic oxidation sites excluding steroid dienone is 4. The Labute approximate surface area is 336 Å². The van der Waals surface area contributed by atoms with Gasteiger partial charge in [0, 0.05) is 35.2 Å². The second-order valence-corrected chi connectivity index (χ2v) is 16.0. The summed E-state index contributed by atoms with van der Waals surface area (Å²) in [6.07, 6.45) is 6.80. The Hall–Kier alpha value is -5.12. The number of methoxy groups -OCH3 is 1. The van der Waals surface area contributed by atoms with E-state index in [2.05, 4.69) is 4.84 Å². The molecule has 15 nitrogen and oxygen atoms in total. The van der Waals surface area contributed by atoms with Gasteiger partial charge in [-0.15, -0.1) is 10.1 Å². The highest BCUT2D eigenvalue weighted by atomic mass is 19.1. The van der Waals surface area contributed by atoms with Gasteiger partial charge in [0.15, 0.2) is 35.2 Å². The van der Waals surface area contributed by atoms with Crippen molar-refractivity contribution in [1.29, 1.82) is 0 Å². The van der Waals surface area contributed by atoms with E-state index >= 15 is 4.39 Å². The number of hydrogen-bond donors (Lipinski definition) is 1. The van der Waals surface area contributed by atoms with Crippen molar-refractivity contribution in [3.8, 4) is 11.5 Å². The molecule has 0 spiro atoms. The fourth-order valence-corrected chi connectivity index (χ4v) is 9.90. The number of esters is 2. The smallest absolute Gasteiger partial charge is 0.493 e. The molecule has 1 aromatic rings. The lowest BCUT2D eigenvalue weighted by atomic mass is 9.44. The molecular weight excluding hydrogens is 761 g/mol. The SMILES string of the molecule is CCCCC(=O)O[C@]1(C(=O)COC(=O)Oc2ccc(/C=C/C(=O)OCCCCO[N+](=O)[O-])cc2OC)[C@@H](C)CC2C3CCC4=CC(=O)C=C[C@]4(C)[C@@]3(F)[C@@H](O)C[C@@]21C. The second-order valence-electron chi connectivity index (χ2n) is 16.0. The maximum atomic E-state index is 17.8. The summed E-state index contributed by atoms with van der Waals surface area (Å²) in [5, 5.41) is 21.2. The van der Waals surface area contributed by atoms with E-state index in [1.165, 1.54) is 49.6 Å². The number of nitrogens with zero attached hydrogens (tertiary/aromatic N) is 1. The highest BCUT2D eigenvalue weighted by Gasteiger charge is 2.77. The van der Waals surface area contributed by atoms with Crippen LogP contribution >= 0.6 is 0 Å². The van der Waals surface area contributed by atoms with Gasteiger partial charge in [-0.05, 0) is 93.7 Å². The molecule has 2 unspecified atom stereocenters. The van der Waals surface area contributed by atoms with Gasteiger partial charge in [0.25, 0.3) is 5.09 Å². The predicted octanol–water partition coefficient (Wildman–Crippen LogP) is 6.41. The predicted molar refractivity (Wildman–Crippen MR) is 203 cm³/mol. The van der Waals surface area contributed by atoms with Gasteiger partial charge < -0.3 is 33.6 Å². The van der Waals surface area contributed by atoms with Crippen molar-refractivity contribution in [1.82, 2.24) is 0 Å². The Morgan fingerprint density at radius 3 is 2.52 bits per heavy atom. The number of ketones is 2. The van der Waals surface area contributed by atoms with E-state index in [9.17, 15) is 39.2 Å². The Morgan fingerprint density at radius 2 is 1.81 bits per heavy atom. The van der Waals surface area contributed by atoms with Crippen molar-refractivity contribution < 1.29 is 67.1 Å². The number of Topliss-reactive ketones (excluding diaryl/α,β-unsaturated/α-hetero) is 1. The van der Waals surface area contributed by atoms with Crippen molar-refractivity contribution in [3.05, 3.63) is 63.8 Å². The molecular formula is C42H52FNO14. The number of benzene rings is 1. The molecule has 58 heavy (non-hydrogen) atoms. The van der Waals surface area contributed by atoms with Crippen LogP contribution in [0.2, 0.25) is 0 Å². The minimum atomic E-state index is -2.17. The largest absolute Gasteiger partial charge is 0.514 e. The summed E-state index contributed by atoms with van der Waals surface area (Å²) >= 11 is 0. The first-order valence-electron chi connectivity index (χ1n) is 19.7.